The molecule has 0 atom stereocenters. The van der Waals surface area contributed by atoms with Gasteiger partial charge in [-0.15, -0.1) is 0 Å². The number of nitrogens with zero attached hydrogens (tertiary/aromatic N) is 1. The van der Waals surface area contributed by atoms with Crippen molar-refractivity contribution >= 4 is 11.6 Å². The average Bonchev–Trinajstić information content (AvgIpc) is 2.91. The zero-order chi connectivity index (χ0) is 16.5. The fraction of sp³-hybridized carbons (Fsp3) is 0.158. The number of rotatable bonds is 2. The summed E-state index contributed by atoms with van der Waals surface area (Å²) < 4.78 is 13.3. The molecule has 2 aromatic heterocycles. The summed E-state index contributed by atoms with van der Waals surface area (Å²) in [4.78, 5) is 20.4. The van der Waals surface area contributed by atoms with Crippen LogP contribution >= 0.6 is 0 Å². The second-order valence-corrected chi connectivity index (χ2v) is 5.89. The van der Waals surface area contributed by atoms with Gasteiger partial charge in [0.15, 0.2) is 0 Å². The normalized spacial score (nSPS) is 12.9. The minimum absolute atomic E-state index is 0.267. The number of carbonyl (C=O) groups is 1. The minimum Gasteiger partial charge on any atom is -0.364 e. The van der Waals surface area contributed by atoms with E-state index in [0.29, 0.717) is 11.3 Å². The molecule has 0 spiro atoms. The van der Waals surface area contributed by atoms with Crippen LogP contribution in [0.1, 0.15) is 28.0 Å². The van der Waals surface area contributed by atoms with Gasteiger partial charge < -0.3 is 10.3 Å². The van der Waals surface area contributed by atoms with E-state index in [4.69, 9.17) is 0 Å². The van der Waals surface area contributed by atoms with Crippen molar-refractivity contribution in [2.24, 2.45) is 0 Å². The lowest BCUT2D eigenvalue weighted by atomic mass is 10.0. The third kappa shape index (κ3) is 2.58. The standard InChI is InChI=1S/C19H16FN3O/c20-13-6-2-7-14(10-13)23-19(24)15-11-22-16-8-1-4-12-5-3-9-21-18(12)17(15)16/h2-3,5-7,9-11,22H,1,4,8H2,(H,23,24). The number of H-pyrrole nitrogens is 1. The number of hydrogen-bond acceptors (Lipinski definition) is 2. The van der Waals surface area contributed by atoms with Crippen LogP contribution in [0, 0.1) is 5.82 Å². The zero-order valence-electron chi connectivity index (χ0n) is 13.0. The van der Waals surface area contributed by atoms with Crippen molar-refractivity contribution in [1.82, 2.24) is 9.97 Å². The van der Waals surface area contributed by atoms with Gasteiger partial charge in [0.2, 0.25) is 0 Å². The van der Waals surface area contributed by atoms with Crippen LogP contribution in [0.4, 0.5) is 10.1 Å². The van der Waals surface area contributed by atoms with Gasteiger partial charge in [-0.05, 0) is 49.1 Å². The number of amides is 1. The highest BCUT2D eigenvalue weighted by molar-refractivity contribution is 6.09. The molecule has 120 valence electrons. The van der Waals surface area contributed by atoms with E-state index in [1.54, 1.807) is 24.5 Å². The van der Waals surface area contributed by atoms with Gasteiger partial charge in [-0.2, -0.15) is 0 Å². The lowest BCUT2D eigenvalue weighted by Crippen LogP contribution is -2.12. The highest BCUT2D eigenvalue weighted by Gasteiger charge is 2.24. The van der Waals surface area contributed by atoms with Crippen molar-refractivity contribution in [1.29, 1.82) is 0 Å². The van der Waals surface area contributed by atoms with Crippen LogP contribution in [0.3, 0.4) is 0 Å². The van der Waals surface area contributed by atoms with Crippen LogP contribution in [-0.2, 0) is 12.8 Å². The van der Waals surface area contributed by atoms with Gasteiger partial charge >= 0.3 is 0 Å². The van der Waals surface area contributed by atoms with Gasteiger partial charge in [-0.3, -0.25) is 9.78 Å². The van der Waals surface area contributed by atoms with E-state index in [2.05, 4.69) is 21.4 Å². The van der Waals surface area contributed by atoms with E-state index in [1.165, 1.54) is 12.1 Å². The first-order valence-corrected chi connectivity index (χ1v) is 7.94. The summed E-state index contributed by atoms with van der Waals surface area (Å²) in [5.41, 5.74) is 4.86. The average molecular weight is 321 g/mol. The number of aryl methyl sites for hydroxylation is 2. The summed E-state index contributed by atoms with van der Waals surface area (Å²) in [6.07, 6.45) is 6.28. The van der Waals surface area contributed by atoms with Gasteiger partial charge in [0.1, 0.15) is 5.82 Å². The molecule has 3 aromatic rings. The Morgan fingerprint density at radius 1 is 1.21 bits per heavy atom. The van der Waals surface area contributed by atoms with Gasteiger partial charge in [0, 0.05) is 29.3 Å². The molecule has 1 aliphatic carbocycles. The topological polar surface area (TPSA) is 57.8 Å². The smallest absolute Gasteiger partial charge is 0.257 e. The molecule has 0 bridgehead atoms. The number of fused-ring (bicyclic) bond motifs is 3. The molecule has 4 nitrogen and oxygen atoms in total. The number of benzene rings is 1. The van der Waals surface area contributed by atoms with Crippen molar-refractivity contribution < 1.29 is 9.18 Å². The molecule has 0 unspecified atom stereocenters. The maximum absolute atomic E-state index is 13.3. The van der Waals surface area contributed by atoms with E-state index in [1.807, 2.05) is 6.07 Å². The van der Waals surface area contributed by atoms with Crippen LogP contribution in [0.15, 0.2) is 48.8 Å². The molecule has 1 aromatic carbocycles. The zero-order valence-corrected chi connectivity index (χ0v) is 13.0. The Balaban J connectivity index is 1.74. The predicted octanol–water partition coefficient (Wildman–Crippen LogP) is 3.96. The summed E-state index contributed by atoms with van der Waals surface area (Å²) in [7, 11) is 0. The third-order valence-corrected chi connectivity index (χ3v) is 4.29. The molecular weight excluding hydrogens is 305 g/mol. The SMILES string of the molecule is O=C(Nc1cccc(F)c1)c1c[nH]c2c1-c1ncccc1CCC2. The van der Waals surface area contributed by atoms with E-state index in [0.717, 1.165) is 41.8 Å². The quantitative estimate of drug-likeness (QED) is 0.750. The van der Waals surface area contributed by atoms with Gasteiger partial charge in [0.25, 0.3) is 5.91 Å². The number of aromatic nitrogens is 2. The minimum atomic E-state index is -0.382. The van der Waals surface area contributed by atoms with Gasteiger partial charge in [0.05, 0.1) is 11.3 Å². The van der Waals surface area contributed by atoms with E-state index < -0.39 is 0 Å². The lowest BCUT2D eigenvalue weighted by molar-refractivity contribution is 0.102. The maximum Gasteiger partial charge on any atom is 0.257 e. The largest absolute Gasteiger partial charge is 0.364 e. The van der Waals surface area contributed by atoms with Gasteiger partial charge in [-0.25, -0.2) is 4.39 Å². The molecule has 0 saturated carbocycles. The molecule has 0 fully saturated rings. The Morgan fingerprint density at radius 3 is 3.00 bits per heavy atom. The number of hydrogen-bond donors (Lipinski definition) is 2. The van der Waals surface area contributed by atoms with Crippen molar-refractivity contribution in [2.45, 2.75) is 19.3 Å². The molecule has 4 rings (SSSR count). The number of pyridine rings is 1. The maximum atomic E-state index is 13.3. The molecule has 2 heterocycles. The monoisotopic (exact) mass is 321 g/mol. The van der Waals surface area contributed by atoms with Crippen molar-refractivity contribution in [2.75, 3.05) is 5.32 Å². The van der Waals surface area contributed by atoms with E-state index in [-0.39, 0.29) is 11.7 Å². The van der Waals surface area contributed by atoms with Crippen LogP contribution in [0.5, 0.6) is 0 Å². The highest BCUT2D eigenvalue weighted by atomic mass is 19.1. The molecule has 1 amide bonds. The summed E-state index contributed by atoms with van der Waals surface area (Å²) in [5, 5.41) is 2.76. The molecule has 0 aliphatic heterocycles. The number of halogens is 1. The predicted molar refractivity (Wildman–Crippen MR) is 90.4 cm³/mol. The van der Waals surface area contributed by atoms with Crippen LogP contribution < -0.4 is 5.32 Å². The van der Waals surface area contributed by atoms with E-state index >= 15 is 0 Å². The van der Waals surface area contributed by atoms with Crippen molar-refractivity contribution in [3.8, 4) is 11.3 Å². The fourth-order valence-electron chi connectivity index (χ4n) is 3.20. The lowest BCUT2D eigenvalue weighted by Gasteiger charge is -2.09. The molecular formula is C19H16FN3O. The molecule has 24 heavy (non-hydrogen) atoms. The summed E-state index contributed by atoms with van der Waals surface area (Å²) in [5.74, 6) is -0.649. The second-order valence-electron chi connectivity index (χ2n) is 5.89. The Kier molecular flexibility index (Phi) is 3.61. The molecule has 1 aliphatic rings. The Morgan fingerprint density at radius 2 is 2.12 bits per heavy atom. The number of aromatic amines is 1. The summed E-state index contributed by atoms with van der Waals surface area (Å²) in [6.45, 7) is 0. The molecule has 0 saturated heterocycles. The second kappa shape index (κ2) is 5.92. The first-order chi connectivity index (χ1) is 11.7. The van der Waals surface area contributed by atoms with Crippen molar-refractivity contribution in [3.63, 3.8) is 0 Å². The fourth-order valence-corrected chi connectivity index (χ4v) is 3.20. The number of carbonyl (C=O) groups excluding carboxylic acids is 1. The van der Waals surface area contributed by atoms with Crippen LogP contribution in [0.2, 0.25) is 0 Å². The Hall–Kier alpha value is -2.95. The Bertz CT molecular complexity index is 916. The number of nitrogens with one attached hydrogen (secondary N) is 2. The van der Waals surface area contributed by atoms with E-state index in [9.17, 15) is 9.18 Å². The van der Waals surface area contributed by atoms with Crippen LogP contribution in [0.25, 0.3) is 11.3 Å². The molecule has 2 N–H and O–H groups in total. The highest BCUT2D eigenvalue weighted by Crippen LogP contribution is 2.33. The number of anilines is 1. The van der Waals surface area contributed by atoms with Gasteiger partial charge in [-0.1, -0.05) is 12.1 Å². The van der Waals surface area contributed by atoms with Crippen LogP contribution in [-0.4, -0.2) is 15.9 Å². The molecule has 5 heteroatoms. The van der Waals surface area contributed by atoms with Crippen molar-refractivity contribution in [3.05, 3.63) is 71.4 Å². The summed E-state index contributed by atoms with van der Waals surface area (Å²) >= 11 is 0. The summed E-state index contributed by atoms with van der Waals surface area (Å²) in [6, 6.07) is 9.85. The molecule has 0 radical (unpaired) electrons. The third-order valence-electron chi connectivity index (χ3n) is 4.29. The first-order valence-electron chi connectivity index (χ1n) is 7.94. The Labute approximate surface area is 138 Å². The first kappa shape index (κ1) is 14.6.